The summed E-state index contributed by atoms with van der Waals surface area (Å²) in [5.41, 5.74) is 25.3. The Labute approximate surface area is 815 Å². The van der Waals surface area contributed by atoms with Gasteiger partial charge in [-0.05, 0) is 364 Å². The molecule has 3 saturated heterocycles. The van der Waals surface area contributed by atoms with Gasteiger partial charge in [-0.2, -0.15) is 0 Å². The van der Waals surface area contributed by atoms with Gasteiger partial charge in [0.05, 0.1) is 14.1 Å². The van der Waals surface area contributed by atoms with Crippen LogP contribution in [-0.4, -0.2) is 95.1 Å². The van der Waals surface area contributed by atoms with Gasteiger partial charge in [0.25, 0.3) is 0 Å². The van der Waals surface area contributed by atoms with Crippen molar-refractivity contribution in [3.05, 3.63) is 245 Å². The fourth-order valence-corrected chi connectivity index (χ4v) is 28.4. The van der Waals surface area contributed by atoms with E-state index >= 15 is 0 Å². The van der Waals surface area contributed by atoms with E-state index in [9.17, 15) is 0 Å². The van der Waals surface area contributed by atoms with Gasteiger partial charge in [-0.1, -0.05) is 162 Å². The third kappa shape index (κ3) is 16.4. The van der Waals surface area contributed by atoms with Gasteiger partial charge >= 0.3 is 0 Å². The first-order chi connectivity index (χ1) is 65.2. The number of aryl methyl sites for hydroxylation is 8. The number of furan rings is 2. The summed E-state index contributed by atoms with van der Waals surface area (Å²) < 4.78 is 29.9. The summed E-state index contributed by atoms with van der Waals surface area (Å²) in [5.74, 6) is 7.03. The van der Waals surface area contributed by atoms with Crippen molar-refractivity contribution in [3.63, 3.8) is 0 Å². The fourth-order valence-electron chi connectivity index (χ4n) is 28.4. The fraction of sp³-hybridized carbons (Fsp3) is 0.500. The van der Waals surface area contributed by atoms with E-state index in [0.29, 0.717) is 63.5 Å². The molecule has 13 aromatic rings. The monoisotopic (exact) mass is 1830 g/mol. The molecule has 16 nitrogen and oxygen atoms in total. The van der Waals surface area contributed by atoms with Crippen molar-refractivity contribution in [3.8, 4) is 0 Å². The molecular formula is C120H154N14O2. The number of para-hydroxylation sites is 5. The van der Waals surface area contributed by atoms with Crippen LogP contribution in [-0.2, 0) is 5.41 Å². The van der Waals surface area contributed by atoms with Crippen LogP contribution < -0.4 is 39.2 Å². The van der Waals surface area contributed by atoms with Gasteiger partial charge in [-0.3, -0.25) is 9.80 Å². The molecule has 6 unspecified atom stereocenters. The second kappa shape index (κ2) is 36.1. The zero-order chi connectivity index (χ0) is 98.5. The van der Waals surface area contributed by atoms with Crippen LogP contribution in [0.4, 0.5) is 63.1 Å². The lowest BCUT2D eigenvalue weighted by Crippen LogP contribution is -2.57. The quantitative estimate of drug-likeness (QED) is 0.143. The molecule has 0 amide bonds. The molecule has 2 spiro atoms. The third-order valence-corrected chi connectivity index (χ3v) is 34.4. The molecule has 5 saturated carbocycles. The molecule has 0 radical (unpaired) electrons. The Morgan fingerprint density at radius 2 is 0.721 bits per heavy atom. The molecule has 6 aliphatic heterocycles. The highest BCUT2D eigenvalue weighted by atomic mass is 16.3. The smallest absolute Gasteiger partial charge is 0.227 e. The standard InChI is InChI=1S/C23H33N.2C22H23N5O.C19H29N.C18H21N.C16H25N/c1-15-7-5-6-8-21(15)24-16(2)23(14-22(24,3)4)19-10-17-9-18(12-19)13-20(23)11-17;2*1-12(2)26-15(5)27(21-20(26)23-10-11-24-21)18-13(3)6-8-16-17-9-7-14(4)25-22(17)28-19(16)18;1-15-10-6-7-11-17(15)20-16(2)19(14-18(20,3)4)12-8-5-9-13-19;1-13-9-5-7-11-16(13)19-14(2)18(3,4)15-10-6-8-12-17(15)19;1-12-9-7-8-10-14(12)17-13(2)15(3,4)11-16(17,5)6/h5-8,16-20H,9-14H2,1-4H3;2*6-12,15H,1-5H3;6-7,10-11,16H,5,8-9,12-14H2,1-4H3;5-12,14H,1-4H3;7-10,13H,11H2,1-6H3/i;2*12D;;;. The maximum absolute atomic E-state index is 8.67. The molecule has 24 rings (SSSR count). The summed E-state index contributed by atoms with van der Waals surface area (Å²) in [4.78, 5) is 46.4. The number of hydrogen-bond donors (Lipinski definition) is 0. The first kappa shape index (κ1) is 92.7. The number of benzene rings is 7. The Morgan fingerprint density at radius 1 is 0.353 bits per heavy atom. The van der Waals surface area contributed by atoms with E-state index in [4.69, 9.17) is 11.6 Å². The van der Waals surface area contributed by atoms with Crippen molar-refractivity contribution in [1.29, 1.82) is 0 Å². The number of fused-ring (bicyclic) bond motifs is 9. The van der Waals surface area contributed by atoms with Crippen molar-refractivity contribution < 1.29 is 11.6 Å². The van der Waals surface area contributed by atoms with Gasteiger partial charge in [-0.15, -0.1) is 0 Å². The van der Waals surface area contributed by atoms with Crippen LogP contribution in [0, 0.1) is 95.3 Å². The van der Waals surface area contributed by atoms with Crippen molar-refractivity contribution in [2.45, 2.75) is 348 Å². The van der Waals surface area contributed by atoms with E-state index < -0.39 is 12.0 Å². The average molecular weight is 1830 g/mol. The summed E-state index contributed by atoms with van der Waals surface area (Å²) in [6.07, 6.45) is 25.3. The molecule has 16 heteroatoms. The van der Waals surface area contributed by atoms with Crippen LogP contribution in [0.5, 0.6) is 0 Å². The van der Waals surface area contributed by atoms with Gasteiger partial charge in [0, 0.05) is 144 Å². The second-order valence-corrected chi connectivity index (χ2v) is 45.9. The molecule has 12 heterocycles. The van der Waals surface area contributed by atoms with E-state index in [1.807, 2.05) is 63.5 Å². The number of anilines is 11. The first-order valence-electron chi connectivity index (χ1n) is 52.1. The largest absolute Gasteiger partial charge is 0.435 e. The number of nitrogens with zero attached hydrogens (tertiary/aromatic N) is 14. The zero-order valence-corrected chi connectivity index (χ0v) is 87.0. The van der Waals surface area contributed by atoms with Crippen LogP contribution in [0.1, 0.15) is 275 Å². The van der Waals surface area contributed by atoms with E-state index in [2.05, 4.69) is 369 Å². The summed E-state index contributed by atoms with van der Waals surface area (Å²) >= 11 is 0. The first-order valence-corrected chi connectivity index (χ1v) is 51.1. The summed E-state index contributed by atoms with van der Waals surface area (Å²) in [5, 5.41) is 4.04. The maximum Gasteiger partial charge on any atom is 0.227 e. The molecule has 6 aromatic heterocycles. The molecule has 0 N–H and O–H groups in total. The highest BCUT2D eigenvalue weighted by Crippen LogP contribution is 2.70. The number of pyridine rings is 2. The Kier molecular flexibility index (Phi) is 24.6. The van der Waals surface area contributed by atoms with Gasteiger partial charge in [0.2, 0.25) is 11.4 Å². The normalized spacial score (nSPS) is 25.4. The van der Waals surface area contributed by atoms with E-state index in [-0.39, 0.29) is 34.4 Å². The highest BCUT2D eigenvalue weighted by Gasteiger charge is 2.66. The van der Waals surface area contributed by atoms with Gasteiger partial charge in [0.1, 0.15) is 12.3 Å². The Balaban J connectivity index is 0.000000111. The lowest BCUT2D eigenvalue weighted by molar-refractivity contribution is -0.113. The third-order valence-electron chi connectivity index (χ3n) is 34.4. The van der Waals surface area contributed by atoms with Crippen LogP contribution in [0.25, 0.3) is 44.1 Å². The minimum atomic E-state index is -0.854. The van der Waals surface area contributed by atoms with Gasteiger partial charge < -0.3 is 38.2 Å². The molecule has 11 aliphatic rings. The molecular weight excluding hydrogens is 1670 g/mol. The summed E-state index contributed by atoms with van der Waals surface area (Å²) in [6, 6.07) is 61.4. The average Bonchev–Trinajstić information content (AvgIpc) is 1.51. The Bertz CT molecular complexity index is 6460. The minimum absolute atomic E-state index is 0.146. The van der Waals surface area contributed by atoms with Crippen molar-refractivity contribution in [2.75, 3.05) is 39.2 Å². The van der Waals surface area contributed by atoms with Crippen LogP contribution in [0.3, 0.4) is 0 Å². The molecule has 8 fully saturated rings. The van der Waals surface area contributed by atoms with Crippen LogP contribution in [0.15, 0.2) is 203 Å². The Hall–Kier alpha value is -11.0. The molecule has 6 atom stereocenters. The topological polar surface area (TPSA) is 130 Å². The van der Waals surface area contributed by atoms with E-state index in [1.165, 1.54) is 133 Å². The molecule has 7 aromatic carbocycles. The van der Waals surface area contributed by atoms with Crippen LogP contribution >= 0.6 is 0 Å². The number of rotatable bonds is 8. The number of aromatic nitrogens is 6. The molecule has 4 bridgehead atoms. The summed E-state index contributed by atoms with van der Waals surface area (Å²) in [6.45, 7) is 62.5. The SMILES string of the molecule is Cc1ccccc1N1C(C)C(C)(C)CC1(C)C.Cc1ccccc1N1C(C)C2(CC1(C)C)C1CC3CC(C1)CC2C3.Cc1ccccc1N1C(C)C2(CCCCC2)CC1(C)C.Cc1ccccc1N1c2ccccc2C(C)(C)C1C.[2H]C(C)(C)N1c2nccnc2N(c2c(C)ccc3c2oc2nc(C)ccc23)C1C.[2H]C(C)(C)N1c2nccnc2N(c2c(C)ccc3c2oc2nc(C)ccc23)C1C. The van der Waals surface area contributed by atoms with Crippen LogP contribution in [0.2, 0.25) is 0 Å². The minimum Gasteiger partial charge on any atom is -0.435 e. The maximum atomic E-state index is 8.67. The molecule has 716 valence electrons. The van der Waals surface area contributed by atoms with Gasteiger partial charge in [-0.25, -0.2) is 29.9 Å². The van der Waals surface area contributed by atoms with Crippen molar-refractivity contribution in [2.24, 2.45) is 39.9 Å². The predicted molar refractivity (Wildman–Crippen MR) is 571 cm³/mol. The second-order valence-electron chi connectivity index (χ2n) is 45.9. The molecule has 136 heavy (non-hydrogen) atoms. The zero-order valence-electron chi connectivity index (χ0n) is 89.0. The van der Waals surface area contributed by atoms with Gasteiger partial charge in [0.15, 0.2) is 34.4 Å². The lowest BCUT2D eigenvalue weighted by atomic mass is 9.43. The Morgan fingerprint density at radius 3 is 1.13 bits per heavy atom. The van der Waals surface area contributed by atoms with Crippen molar-refractivity contribution >= 4 is 107 Å². The lowest BCUT2D eigenvalue weighted by Gasteiger charge is -2.62. The van der Waals surface area contributed by atoms with E-state index in [1.54, 1.807) is 31.2 Å². The predicted octanol–water partition coefficient (Wildman–Crippen LogP) is 30.5. The number of hydrogen-bond acceptors (Lipinski definition) is 16. The van der Waals surface area contributed by atoms with Crippen molar-refractivity contribution in [1.82, 2.24) is 29.9 Å². The molecule has 5 aliphatic carbocycles. The summed E-state index contributed by atoms with van der Waals surface area (Å²) in [7, 11) is 0. The van der Waals surface area contributed by atoms with E-state index in [0.717, 1.165) is 102 Å². The highest BCUT2D eigenvalue weighted by molar-refractivity contribution is 6.11.